The maximum atomic E-state index is 11.8. The molecular weight excluding hydrogens is 314 g/mol. The van der Waals surface area contributed by atoms with Crippen molar-refractivity contribution in [3.05, 3.63) is 59.1 Å². The number of rotatable bonds is 8. The van der Waals surface area contributed by atoms with E-state index in [1.807, 2.05) is 30.3 Å². The van der Waals surface area contributed by atoms with Crippen LogP contribution < -0.4 is 14.8 Å². The zero-order chi connectivity index (χ0) is 16.5. The van der Waals surface area contributed by atoms with Gasteiger partial charge in [0.25, 0.3) is 5.91 Å². The maximum absolute atomic E-state index is 11.8. The van der Waals surface area contributed by atoms with Gasteiger partial charge in [0, 0.05) is 11.6 Å². The van der Waals surface area contributed by atoms with Crippen LogP contribution in [0.3, 0.4) is 0 Å². The molecule has 5 heteroatoms. The molecule has 2 rings (SSSR count). The minimum absolute atomic E-state index is 0.0320. The summed E-state index contributed by atoms with van der Waals surface area (Å²) in [5.41, 5.74) is 0.947. The number of benzene rings is 2. The van der Waals surface area contributed by atoms with E-state index in [1.54, 1.807) is 18.2 Å². The number of hydrogen-bond donors (Lipinski definition) is 1. The summed E-state index contributed by atoms with van der Waals surface area (Å²) >= 11 is 5.90. The molecule has 0 aliphatic heterocycles. The summed E-state index contributed by atoms with van der Waals surface area (Å²) in [4.78, 5) is 11.8. The molecule has 0 fully saturated rings. The largest absolute Gasteiger partial charge is 0.494 e. The van der Waals surface area contributed by atoms with Crippen molar-refractivity contribution in [1.82, 2.24) is 5.32 Å². The lowest BCUT2D eigenvalue weighted by Crippen LogP contribution is -2.28. The molecule has 1 amide bonds. The van der Waals surface area contributed by atoms with Crippen LogP contribution in [-0.4, -0.2) is 19.1 Å². The minimum atomic E-state index is -0.184. The van der Waals surface area contributed by atoms with E-state index < -0.39 is 0 Å². The zero-order valence-electron chi connectivity index (χ0n) is 13.0. The van der Waals surface area contributed by atoms with E-state index in [9.17, 15) is 4.79 Å². The molecule has 0 saturated carbocycles. The van der Waals surface area contributed by atoms with E-state index in [0.29, 0.717) is 23.9 Å². The lowest BCUT2D eigenvalue weighted by molar-refractivity contribution is -0.123. The van der Waals surface area contributed by atoms with Gasteiger partial charge in [-0.3, -0.25) is 4.79 Å². The fourth-order valence-electron chi connectivity index (χ4n) is 1.90. The van der Waals surface area contributed by atoms with E-state index >= 15 is 0 Å². The van der Waals surface area contributed by atoms with E-state index in [1.165, 1.54) is 0 Å². The third-order valence-electron chi connectivity index (χ3n) is 3.05. The first kappa shape index (κ1) is 17.2. The van der Waals surface area contributed by atoms with Crippen LogP contribution in [0.5, 0.6) is 11.5 Å². The first-order valence-electron chi connectivity index (χ1n) is 7.54. The van der Waals surface area contributed by atoms with Crippen LogP contribution in [0.1, 0.15) is 18.9 Å². The second-order valence-corrected chi connectivity index (χ2v) is 5.45. The van der Waals surface area contributed by atoms with Crippen LogP contribution in [-0.2, 0) is 11.3 Å². The predicted octanol–water partition coefficient (Wildman–Crippen LogP) is 3.82. The Morgan fingerprint density at radius 2 is 1.78 bits per heavy atom. The molecule has 0 spiro atoms. The van der Waals surface area contributed by atoms with Crippen molar-refractivity contribution in [2.24, 2.45) is 0 Å². The molecule has 122 valence electrons. The van der Waals surface area contributed by atoms with Gasteiger partial charge in [0.2, 0.25) is 0 Å². The number of carbonyl (C=O) groups excluding carboxylic acids is 1. The van der Waals surface area contributed by atoms with Crippen molar-refractivity contribution in [2.45, 2.75) is 19.9 Å². The van der Waals surface area contributed by atoms with Gasteiger partial charge >= 0.3 is 0 Å². The molecule has 0 heterocycles. The van der Waals surface area contributed by atoms with Gasteiger partial charge in [0.1, 0.15) is 11.5 Å². The second kappa shape index (κ2) is 9.06. The Morgan fingerprint density at radius 3 is 2.43 bits per heavy atom. The Labute approximate surface area is 141 Å². The summed E-state index contributed by atoms with van der Waals surface area (Å²) in [6.07, 6.45) is 0.963. The predicted molar refractivity (Wildman–Crippen MR) is 91.0 cm³/mol. The molecule has 1 N–H and O–H groups in total. The number of nitrogens with one attached hydrogen (secondary N) is 1. The quantitative estimate of drug-likeness (QED) is 0.798. The topological polar surface area (TPSA) is 47.6 Å². The van der Waals surface area contributed by atoms with Gasteiger partial charge in [-0.25, -0.2) is 0 Å². The number of amides is 1. The highest BCUT2D eigenvalue weighted by Gasteiger charge is 2.03. The van der Waals surface area contributed by atoms with Crippen LogP contribution in [0.15, 0.2) is 48.5 Å². The fraction of sp³-hybridized carbons (Fsp3) is 0.278. The van der Waals surface area contributed by atoms with Gasteiger partial charge in [-0.2, -0.15) is 0 Å². The summed E-state index contributed by atoms with van der Waals surface area (Å²) in [5, 5.41) is 3.44. The summed E-state index contributed by atoms with van der Waals surface area (Å²) in [6.45, 7) is 3.13. The first-order chi connectivity index (χ1) is 11.2. The summed E-state index contributed by atoms with van der Waals surface area (Å²) in [5.74, 6) is 1.24. The Bertz CT molecular complexity index is 628. The summed E-state index contributed by atoms with van der Waals surface area (Å²) < 4.78 is 10.9. The van der Waals surface area contributed by atoms with Gasteiger partial charge < -0.3 is 14.8 Å². The van der Waals surface area contributed by atoms with E-state index in [-0.39, 0.29) is 12.5 Å². The number of hydrogen-bond acceptors (Lipinski definition) is 3. The van der Waals surface area contributed by atoms with Gasteiger partial charge in [-0.1, -0.05) is 30.7 Å². The molecule has 0 radical (unpaired) electrons. The highest BCUT2D eigenvalue weighted by Crippen LogP contribution is 2.17. The summed E-state index contributed by atoms with van der Waals surface area (Å²) in [7, 11) is 0. The van der Waals surface area contributed by atoms with Crippen LogP contribution >= 0.6 is 11.6 Å². The third-order valence-corrected chi connectivity index (χ3v) is 3.28. The monoisotopic (exact) mass is 333 g/mol. The molecular formula is C18H20ClNO3. The van der Waals surface area contributed by atoms with Gasteiger partial charge in [0.15, 0.2) is 6.61 Å². The van der Waals surface area contributed by atoms with Crippen LogP contribution in [0.25, 0.3) is 0 Å². The highest BCUT2D eigenvalue weighted by atomic mass is 35.5. The van der Waals surface area contributed by atoms with E-state index in [4.69, 9.17) is 21.1 Å². The van der Waals surface area contributed by atoms with Gasteiger partial charge in [0.05, 0.1) is 6.61 Å². The SMILES string of the molecule is CCCOc1ccc(OCC(=O)NCc2cccc(Cl)c2)cc1. The normalized spacial score (nSPS) is 10.2. The lowest BCUT2D eigenvalue weighted by Gasteiger charge is -2.09. The number of carbonyl (C=O) groups is 1. The molecule has 2 aromatic carbocycles. The molecule has 0 atom stereocenters. The van der Waals surface area contributed by atoms with Crippen molar-refractivity contribution in [3.63, 3.8) is 0 Å². The van der Waals surface area contributed by atoms with Gasteiger partial charge in [-0.15, -0.1) is 0 Å². The van der Waals surface area contributed by atoms with Gasteiger partial charge in [-0.05, 0) is 48.4 Å². The molecule has 0 aliphatic carbocycles. The fourth-order valence-corrected chi connectivity index (χ4v) is 2.11. The van der Waals surface area contributed by atoms with Crippen molar-refractivity contribution in [2.75, 3.05) is 13.2 Å². The average molecular weight is 334 g/mol. The highest BCUT2D eigenvalue weighted by molar-refractivity contribution is 6.30. The molecule has 0 aromatic heterocycles. The van der Waals surface area contributed by atoms with Crippen molar-refractivity contribution >= 4 is 17.5 Å². The zero-order valence-corrected chi connectivity index (χ0v) is 13.8. The summed E-state index contributed by atoms with van der Waals surface area (Å²) in [6, 6.07) is 14.6. The number of halogens is 1. The second-order valence-electron chi connectivity index (χ2n) is 5.02. The first-order valence-corrected chi connectivity index (χ1v) is 7.92. The van der Waals surface area contributed by atoms with E-state index in [2.05, 4.69) is 12.2 Å². The Balaban J connectivity index is 1.73. The lowest BCUT2D eigenvalue weighted by atomic mass is 10.2. The molecule has 0 saturated heterocycles. The van der Waals surface area contributed by atoms with Crippen LogP contribution in [0.4, 0.5) is 0 Å². The molecule has 2 aromatic rings. The smallest absolute Gasteiger partial charge is 0.258 e. The van der Waals surface area contributed by atoms with Crippen molar-refractivity contribution in [3.8, 4) is 11.5 Å². The van der Waals surface area contributed by atoms with Crippen LogP contribution in [0, 0.1) is 0 Å². The Hall–Kier alpha value is -2.20. The van der Waals surface area contributed by atoms with Crippen molar-refractivity contribution < 1.29 is 14.3 Å². The van der Waals surface area contributed by atoms with Crippen LogP contribution in [0.2, 0.25) is 5.02 Å². The average Bonchev–Trinajstić information content (AvgIpc) is 2.57. The van der Waals surface area contributed by atoms with E-state index in [0.717, 1.165) is 17.7 Å². The Kier molecular flexibility index (Phi) is 6.76. The molecule has 0 bridgehead atoms. The van der Waals surface area contributed by atoms with Crippen molar-refractivity contribution in [1.29, 1.82) is 0 Å². The minimum Gasteiger partial charge on any atom is -0.494 e. The molecule has 23 heavy (non-hydrogen) atoms. The standard InChI is InChI=1S/C18H20ClNO3/c1-2-10-22-16-6-8-17(9-7-16)23-13-18(21)20-12-14-4-3-5-15(19)11-14/h3-9,11H,2,10,12-13H2,1H3,(H,20,21). The molecule has 0 aliphatic rings. The maximum Gasteiger partial charge on any atom is 0.258 e. The Morgan fingerprint density at radius 1 is 1.09 bits per heavy atom. The number of ether oxygens (including phenoxy) is 2. The molecule has 4 nitrogen and oxygen atoms in total. The third kappa shape index (κ3) is 6.20. The molecule has 0 unspecified atom stereocenters.